The molecular weight excluding hydrogens is 276 g/mol. The van der Waals surface area contributed by atoms with E-state index in [1.54, 1.807) is 0 Å². The molecule has 1 heterocycles. The maximum absolute atomic E-state index is 3.59. The van der Waals surface area contributed by atoms with Crippen LogP contribution in [0.4, 0.5) is 5.69 Å². The Kier molecular flexibility index (Phi) is 4.46. The molecule has 2 rings (SSSR count). The van der Waals surface area contributed by atoms with Gasteiger partial charge in [-0.15, -0.1) is 0 Å². The molecule has 0 bridgehead atoms. The average Bonchev–Trinajstić information content (AvgIpc) is 2.76. The number of rotatable bonds is 4. The highest BCUT2D eigenvalue weighted by atomic mass is 79.9. The first-order chi connectivity index (χ1) is 8.15. The fourth-order valence-electron chi connectivity index (χ4n) is 2.46. The van der Waals surface area contributed by atoms with Gasteiger partial charge in [0.05, 0.1) is 0 Å². The summed E-state index contributed by atoms with van der Waals surface area (Å²) in [5, 5.41) is 7.14. The Hall–Kier alpha value is -0.540. The summed E-state index contributed by atoms with van der Waals surface area (Å²) >= 11 is 3.59. The average molecular weight is 297 g/mol. The number of halogens is 1. The summed E-state index contributed by atoms with van der Waals surface area (Å²) in [4.78, 5) is 0. The zero-order chi connectivity index (χ0) is 12.3. The van der Waals surface area contributed by atoms with Crippen LogP contribution in [0.5, 0.6) is 0 Å². The Labute approximate surface area is 112 Å². The van der Waals surface area contributed by atoms with Crippen LogP contribution in [0, 0.1) is 6.92 Å². The molecule has 0 spiro atoms. The van der Waals surface area contributed by atoms with E-state index in [9.17, 15) is 0 Å². The van der Waals surface area contributed by atoms with Gasteiger partial charge >= 0.3 is 0 Å². The second-order valence-electron chi connectivity index (χ2n) is 5.06. The molecule has 2 N–H and O–H groups in total. The summed E-state index contributed by atoms with van der Waals surface area (Å²) in [6.45, 7) is 5.57. The lowest BCUT2D eigenvalue weighted by Crippen LogP contribution is -2.29. The largest absolute Gasteiger partial charge is 0.382 e. The van der Waals surface area contributed by atoms with Crippen LogP contribution >= 0.6 is 15.9 Å². The Morgan fingerprint density at radius 2 is 2.35 bits per heavy atom. The van der Waals surface area contributed by atoms with E-state index in [2.05, 4.69) is 58.6 Å². The van der Waals surface area contributed by atoms with Gasteiger partial charge in [0.25, 0.3) is 0 Å². The van der Waals surface area contributed by atoms with Crippen molar-refractivity contribution in [3.63, 3.8) is 0 Å². The first-order valence-electron chi connectivity index (χ1n) is 6.41. The molecule has 0 aromatic heterocycles. The number of benzene rings is 1. The lowest BCUT2D eigenvalue weighted by molar-refractivity contribution is 0.523. The summed E-state index contributed by atoms with van der Waals surface area (Å²) in [6.07, 6.45) is 3.84. The monoisotopic (exact) mass is 296 g/mol. The van der Waals surface area contributed by atoms with Crippen LogP contribution in [0.15, 0.2) is 22.7 Å². The maximum Gasteiger partial charge on any atom is 0.0489 e. The highest BCUT2D eigenvalue weighted by Gasteiger charge is 2.17. The molecule has 3 heteroatoms. The van der Waals surface area contributed by atoms with Crippen LogP contribution in [-0.2, 0) is 0 Å². The zero-order valence-electron chi connectivity index (χ0n) is 10.6. The molecule has 1 aromatic carbocycles. The molecule has 0 amide bonds. The number of aryl methyl sites for hydroxylation is 1. The molecule has 94 valence electrons. The van der Waals surface area contributed by atoms with Gasteiger partial charge < -0.3 is 10.6 Å². The van der Waals surface area contributed by atoms with E-state index in [1.807, 2.05) is 0 Å². The van der Waals surface area contributed by atoms with Gasteiger partial charge in [-0.1, -0.05) is 6.07 Å². The SMILES string of the molecule is Cc1ccc(Br)c(NC(C)CC2CCCN2)c1. The van der Waals surface area contributed by atoms with Crippen molar-refractivity contribution in [2.24, 2.45) is 0 Å². The van der Waals surface area contributed by atoms with Gasteiger partial charge in [-0.05, 0) is 73.3 Å². The molecule has 1 aliphatic heterocycles. The van der Waals surface area contributed by atoms with Gasteiger partial charge in [0, 0.05) is 22.2 Å². The Balaban J connectivity index is 1.92. The first-order valence-corrected chi connectivity index (χ1v) is 7.20. The summed E-state index contributed by atoms with van der Waals surface area (Å²) in [7, 11) is 0. The third-order valence-electron chi connectivity index (χ3n) is 3.32. The molecular formula is C14H21BrN2. The lowest BCUT2D eigenvalue weighted by Gasteiger charge is -2.20. The molecule has 1 saturated heterocycles. The van der Waals surface area contributed by atoms with E-state index >= 15 is 0 Å². The molecule has 1 fully saturated rings. The molecule has 2 atom stereocenters. The molecule has 1 aromatic rings. The van der Waals surface area contributed by atoms with E-state index < -0.39 is 0 Å². The minimum atomic E-state index is 0.503. The van der Waals surface area contributed by atoms with Gasteiger partial charge in [-0.25, -0.2) is 0 Å². The zero-order valence-corrected chi connectivity index (χ0v) is 12.2. The van der Waals surface area contributed by atoms with Crippen LogP contribution in [-0.4, -0.2) is 18.6 Å². The third-order valence-corrected chi connectivity index (χ3v) is 4.02. The van der Waals surface area contributed by atoms with E-state index in [-0.39, 0.29) is 0 Å². The number of hydrogen-bond acceptors (Lipinski definition) is 2. The quantitative estimate of drug-likeness (QED) is 0.885. The molecule has 0 radical (unpaired) electrons. The minimum absolute atomic E-state index is 0.503. The molecule has 0 aliphatic carbocycles. The van der Waals surface area contributed by atoms with Crippen molar-refractivity contribution in [3.8, 4) is 0 Å². The van der Waals surface area contributed by atoms with Crippen molar-refractivity contribution < 1.29 is 0 Å². The number of hydrogen-bond donors (Lipinski definition) is 2. The van der Waals surface area contributed by atoms with Crippen molar-refractivity contribution >= 4 is 21.6 Å². The standard InChI is InChI=1S/C14H21BrN2/c1-10-5-6-13(15)14(8-10)17-11(2)9-12-4-3-7-16-12/h5-6,8,11-12,16-17H,3-4,7,9H2,1-2H3. The molecule has 0 saturated carbocycles. The fourth-order valence-corrected chi connectivity index (χ4v) is 2.82. The smallest absolute Gasteiger partial charge is 0.0489 e. The van der Waals surface area contributed by atoms with E-state index in [0.717, 1.165) is 4.47 Å². The molecule has 2 nitrogen and oxygen atoms in total. The van der Waals surface area contributed by atoms with Crippen LogP contribution in [0.3, 0.4) is 0 Å². The number of nitrogens with one attached hydrogen (secondary N) is 2. The van der Waals surface area contributed by atoms with Crippen molar-refractivity contribution in [1.29, 1.82) is 0 Å². The molecule has 1 aliphatic rings. The van der Waals surface area contributed by atoms with E-state index in [1.165, 1.54) is 37.1 Å². The van der Waals surface area contributed by atoms with E-state index in [4.69, 9.17) is 0 Å². The topological polar surface area (TPSA) is 24.1 Å². The fraction of sp³-hybridized carbons (Fsp3) is 0.571. The summed E-state index contributed by atoms with van der Waals surface area (Å²) in [5.74, 6) is 0. The van der Waals surface area contributed by atoms with Gasteiger partial charge in [0.15, 0.2) is 0 Å². The summed E-state index contributed by atoms with van der Waals surface area (Å²) in [5.41, 5.74) is 2.50. The Morgan fingerprint density at radius 3 is 3.06 bits per heavy atom. The third kappa shape index (κ3) is 3.71. The predicted octanol–water partition coefficient (Wildman–Crippen LogP) is 3.70. The molecule has 17 heavy (non-hydrogen) atoms. The van der Waals surface area contributed by atoms with Gasteiger partial charge in [-0.2, -0.15) is 0 Å². The lowest BCUT2D eigenvalue weighted by atomic mass is 10.1. The Bertz CT molecular complexity index is 372. The van der Waals surface area contributed by atoms with Crippen LogP contribution in [0.2, 0.25) is 0 Å². The van der Waals surface area contributed by atoms with Crippen LogP contribution < -0.4 is 10.6 Å². The highest BCUT2D eigenvalue weighted by molar-refractivity contribution is 9.10. The maximum atomic E-state index is 3.59. The van der Waals surface area contributed by atoms with Gasteiger partial charge in [-0.3, -0.25) is 0 Å². The van der Waals surface area contributed by atoms with Crippen molar-refractivity contribution in [2.45, 2.75) is 45.2 Å². The van der Waals surface area contributed by atoms with Crippen molar-refractivity contribution in [1.82, 2.24) is 5.32 Å². The highest BCUT2D eigenvalue weighted by Crippen LogP contribution is 2.25. The minimum Gasteiger partial charge on any atom is -0.382 e. The molecule has 2 unspecified atom stereocenters. The first kappa shape index (κ1) is 12.9. The van der Waals surface area contributed by atoms with E-state index in [0.29, 0.717) is 12.1 Å². The summed E-state index contributed by atoms with van der Waals surface area (Å²) < 4.78 is 1.15. The second-order valence-corrected chi connectivity index (χ2v) is 5.91. The second kappa shape index (κ2) is 5.87. The van der Waals surface area contributed by atoms with Crippen LogP contribution in [0.25, 0.3) is 0 Å². The number of anilines is 1. The van der Waals surface area contributed by atoms with Gasteiger partial charge in [0.2, 0.25) is 0 Å². The predicted molar refractivity (Wildman–Crippen MR) is 77.6 cm³/mol. The Morgan fingerprint density at radius 1 is 1.53 bits per heavy atom. The normalized spacial score (nSPS) is 21.5. The van der Waals surface area contributed by atoms with Crippen molar-refractivity contribution in [2.75, 3.05) is 11.9 Å². The van der Waals surface area contributed by atoms with Gasteiger partial charge in [0.1, 0.15) is 0 Å². The summed E-state index contributed by atoms with van der Waals surface area (Å²) in [6, 6.07) is 7.63. The van der Waals surface area contributed by atoms with Crippen LogP contribution in [0.1, 0.15) is 31.7 Å². The van der Waals surface area contributed by atoms with Crippen molar-refractivity contribution in [3.05, 3.63) is 28.2 Å².